The highest BCUT2D eigenvalue weighted by Crippen LogP contribution is 2.17. The molecule has 2 aromatic rings. The van der Waals surface area contributed by atoms with Crippen LogP contribution >= 0.6 is 11.6 Å². The monoisotopic (exact) mass is 237 g/mol. The van der Waals surface area contributed by atoms with Crippen molar-refractivity contribution in [3.05, 3.63) is 28.2 Å². The van der Waals surface area contributed by atoms with E-state index in [0.717, 1.165) is 17.0 Å². The summed E-state index contributed by atoms with van der Waals surface area (Å²) in [5, 5.41) is 4.69. The number of nitrogen functional groups attached to an aromatic ring is 1. The Kier molecular flexibility index (Phi) is 2.55. The summed E-state index contributed by atoms with van der Waals surface area (Å²) in [7, 11) is 0. The second kappa shape index (κ2) is 3.75. The molecular weight excluding hydrogens is 226 g/mol. The molecule has 0 aliphatic rings. The highest BCUT2D eigenvalue weighted by Gasteiger charge is 2.11. The number of hydrogen-bond donors (Lipinski definition) is 1. The first-order chi connectivity index (χ1) is 7.49. The summed E-state index contributed by atoms with van der Waals surface area (Å²) in [5.41, 5.74) is 8.66. The molecule has 0 aliphatic carbocycles. The van der Waals surface area contributed by atoms with Crippen LogP contribution in [0.3, 0.4) is 0 Å². The second-order valence-corrected chi connectivity index (χ2v) is 4.00. The van der Waals surface area contributed by atoms with Gasteiger partial charge in [0.2, 0.25) is 5.95 Å². The van der Waals surface area contributed by atoms with E-state index in [1.807, 2.05) is 20.8 Å². The minimum Gasteiger partial charge on any atom is -0.368 e. The molecule has 2 N–H and O–H groups in total. The van der Waals surface area contributed by atoms with Crippen LogP contribution in [0.15, 0.2) is 6.07 Å². The van der Waals surface area contributed by atoms with Crippen LogP contribution in [0.5, 0.6) is 0 Å². The maximum absolute atomic E-state index is 5.83. The molecule has 0 amide bonds. The van der Waals surface area contributed by atoms with Crippen LogP contribution in [0.1, 0.15) is 17.0 Å². The van der Waals surface area contributed by atoms with Crippen molar-refractivity contribution >= 4 is 17.5 Å². The zero-order valence-corrected chi connectivity index (χ0v) is 10.1. The predicted molar refractivity (Wildman–Crippen MR) is 62.8 cm³/mol. The van der Waals surface area contributed by atoms with E-state index in [1.54, 1.807) is 10.7 Å². The van der Waals surface area contributed by atoms with Crippen molar-refractivity contribution in [1.29, 1.82) is 0 Å². The Labute approximate surface area is 98.3 Å². The van der Waals surface area contributed by atoms with Gasteiger partial charge in [0.1, 0.15) is 5.15 Å². The standard InChI is InChI=1S/C10H12ClN5/c1-5-6(2)15-16(7(5)3)9-4-8(11)13-10(12)14-9/h4H,1-3H3,(H2,12,13,14). The fourth-order valence-corrected chi connectivity index (χ4v) is 1.66. The summed E-state index contributed by atoms with van der Waals surface area (Å²) in [4.78, 5) is 7.91. The number of nitrogens with two attached hydrogens (primary N) is 1. The Morgan fingerprint density at radius 3 is 2.44 bits per heavy atom. The third-order valence-electron chi connectivity index (χ3n) is 2.57. The van der Waals surface area contributed by atoms with Gasteiger partial charge in [-0.15, -0.1) is 0 Å². The molecule has 0 atom stereocenters. The van der Waals surface area contributed by atoms with E-state index in [4.69, 9.17) is 17.3 Å². The number of aromatic nitrogens is 4. The molecule has 0 aliphatic heterocycles. The lowest BCUT2D eigenvalue weighted by Crippen LogP contribution is -2.05. The van der Waals surface area contributed by atoms with Crippen molar-refractivity contribution in [1.82, 2.24) is 19.7 Å². The van der Waals surface area contributed by atoms with Gasteiger partial charge < -0.3 is 5.73 Å². The fraction of sp³-hybridized carbons (Fsp3) is 0.300. The fourth-order valence-electron chi connectivity index (χ4n) is 1.48. The number of anilines is 1. The lowest BCUT2D eigenvalue weighted by Gasteiger charge is -2.04. The molecule has 0 spiro atoms. The topological polar surface area (TPSA) is 69.6 Å². The smallest absolute Gasteiger partial charge is 0.223 e. The van der Waals surface area contributed by atoms with Crippen molar-refractivity contribution in [2.45, 2.75) is 20.8 Å². The molecule has 0 aromatic carbocycles. The number of halogens is 1. The maximum atomic E-state index is 5.83. The molecule has 84 valence electrons. The molecule has 0 radical (unpaired) electrons. The van der Waals surface area contributed by atoms with E-state index < -0.39 is 0 Å². The molecule has 5 nitrogen and oxygen atoms in total. The number of nitrogens with zero attached hydrogens (tertiary/aromatic N) is 4. The SMILES string of the molecule is Cc1nn(-c2cc(Cl)nc(N)n2)c(C)c1C. The number of aryl methyl sites for hydroxylation is 1. The Morgan fingerprint density at radius 1 is 1.25 bits per heavy atom. The van der Waals surface area contributed by atoms with Crippen molar-refractivity contribution in [3.8, 4) is 5.82 Å². The van der Waals surface area contributed by atoms with Gasteiger partial charge in [0.05, 0.1) is 5.69 Å². The summed E-state index contributed by atoms with van der Waals surface area (Å²) in [5.74, 6) is 0.735. The molecule has 2 heterocycles. The molecule has 0 saturated heterocycles. The Bertz CT molecular complexity index is 526. The van der Waals surface area contributed by atoms with E-state index in [0.29, 0.717) is 11.0 Å². The quantitative estimate of drug-likeness (QED) is 0.769. The largest absolute Gasteiger partial charge is 0.368 e. The van der Waals surface area contributed by atoms with Crippen molar-refractivity contribution in [3.63, 3.8) is 0 Å². The summed E-state index contributed by atoms with van der Waals surface area (Å²) in [6.07, 6.45) is 0. The van der Waals surface area contributed by atoms with E-state index in [2.05, 4.69) is 15.1 Å². The number of hydrogen-bond acceptors (Lipinski definition) is 4. The summed E-state index contributed by atoms with van der Waals surface area (Å²) in [6.45, 7) is 5.94. The molecule has 0 bridgehead atoms. The predicted octanol–water partition coefficient (Wildman–Crippen LogP) is 1.82. The molecule has 0 unspecified atom stereocenters. The Morgan fingerprint density at radius 2 is 1.94 bits per heavy atom. The molecule has 6 heteroatoms. The zero-order valence-electron chi connectivity index (χ0n) is 9.32. The third-order valence-corrected chi connectivity index (χ3v) is 2.76. The summed E-state index contributed by atoms with van der Waals surface area (Å²) < 4.78 is 1.72. The van der Waals surface area contributed by atoms with Crippen LogP contribution in [0, 0.1) is 20.8 Å². The molecule has 16 heavy (non-hydrogen) atoms. The van der Waals surface area contributed by atoms with Gasteiger partial charge in [-0.2, -0.15) is 10.1 Å². The second-order valence-electron chi connectivity index (χ2n) is 3.61. The van der Waals surface area contributed by atoms with Gasteiger partial charge in [0.15, 0.2) is 5.82 Å². The first kappa shape index (κ1) is 10.9. The first-order valence-electron chi connectivity index (χ1n) is 4.82. The van der Waals surface area contributed by atoms with E-state index in [9.17, 15) is 0 Å². The third kappa shape index (κ3) is 1.74. The van der Waals surface area contributed by atoms with Crippen LogP contribution in [-0.4, -0.2) is 19.7 Å². The maximum Gasteiger partial charge on any atom is 0.223 e. The van der Waals surface area contributed by atoms with Gasteiger partial charge in [-0.1, -0.05) is 11.6 Å². The molecular formula is C10H12ClN5. The van der Waals surface area contributed by atoms with Crippen molar-refractivity contribution in [2.24, 2.45) is 0 Å². The lowest BCUT2D eigenvalue weighted by molar-refractivity contribution is 0.803. The molecule has 2 aromatic heterocycles. The van der Waals surface area contributed by atoms with Crippen LogP contribution in [0.2, 0.25) is 5.15 Å². The van der Waals surface area contributed by atoms with Gasteiger partial charge in [-0.3, -0.25) is 0 Å². The van der Waals surface area contributed by atoms with Gasteiger partial charge in [-0.25, -0.2) is 9.67 Å². The van der Waals surface area contributed by atoms with E-state index in [-0.39, 0.29) is 5.95 Å². The zero-order chi connectivity index (χ0) is 11.9. The molecule has 0 fully saturated rings. The van der Waals surface area contributed by atoms with E-state index >= 15 is 0 Å². The van der Waals surface area contributed by atoms with Gasteiger partial charge >= 0.3 is 0 Å². The summed E-state index contributed by atoms with van der Waals surface area (Å²) in [6, 6.07) is 1.64. The lowest BCUT2D eigenvalue weighted by atomic mass is 10.2. The summed E-state index contributed by atoms with van der Waals surface area (Å²) >= 11 is 5.83. The molecule has 2 rings (SSSR count). The van der Waals surface area contributed by atoms with Crippen molar-refractivity contribution in [2.75, 3.05) is 5.73 Å². The normalized spacial score (nSPS) is 10.8. The van der Waals surface area contributed by atoms with Crippen molar-refractivity contribution < 1.29 is 0 Å². The highest BCUT2D eigenvalue weighted by atomic mass is 35.5. The van der Waals surface area contributed by atoms with Crippen LogP contribution in [-0.2, 0) is 0 Å². The average Bonchev–Trinajstić information content (AvgIpc) is 2.44. The van der Waals surface area contributed by atoms with E-state index in [1.165, 1.54) is 0 Å². The first-order valence-corrected chi connectivity index (χ1v) is 5.20. The van der Waals surface area contributed by atoms with Gasteiger partial charge in [0, 0.05) is 11.8 Å². The Balaban J connectivity index is 2.62. The van der Waals surface area contributed by atoms with Crippen LogP contribution < -0.4 is 5.73 Å². The van der Waals surface area contributed by atoms with Crippen LogP contribution in [0.4, 0.5) is 5.95 Å². The van der Waals surface area contributed by atoms with Crippen LogP contribution in [0.25, 0.3) is 5.82 Å². The number of rotatable bonds is 1. The van der Waals surface area contributed by atoms with Gasteiger partial charge in [-0.05, 0) is 26.3 Å². The highest BCUT2D eigenvalue weighted by molar-refractivity contribution is 6.29. The Hall–Kier alpha value is -1.62. The average molecular weight is 238 g/mol. The molecule has 0 saturated carbocycles. The minimum atomic E-state index is 0.146. The minimum absolute atomic E-state index is 0.146. The van der Waals surface area contributed by atoms with Gasteiger partial charge in [0.25, 0.3) is 0 Å².